The highest BCUT2D eigenvalue weighted by atomic mass is 16.5. The van der Waals surface area contributed by atoms with Gasteiger partial charge in [0.15, 0.2) is 0 Å². The maximum atomic E-state index is 9.52. The van der Waals surface area contributed by atoms with E-state index in [4.69, 9.17) is 9.47 Å². The molecule has 0 bridgehead atoms. The molecule has 0 saturated carbocycles. The fourth-order valence-electron chi connectivity index (χ4n) is 2.25. The molecular weight excluding hydrogens is 264 g/mol. The number of aliphatic hydroxyl groups excluding tert-OH is 1. The Hall–Kier alpha value is -2.00. The van der Waals surface area contributed by atoms with Crippen molar-refractivity contribution in [3.8, 4) is 11.5 Å². The summed E-state index contributed by atoms with van der Waals surface area (Å²) in [5.41, 5.74) is 1.17. The number of hydrogen-bond acceptors (Lipinski definition) is 3. The molecule has 0 amide bonds. The van der Waals surface area contributed by atoms with Crippen LogP contribution in [0, 0.1) is 5.92 Å². The topological polar surface area (TPSA) is 38.7 Å². The van der Waals surface area contributed by atoms with Crippen LogP contribution in [0.15, 0.2) is 54.6 Å². The van der Waals surface area contributed by atoms with Crippen molar-refractivity contribution in [2.75, 3.05) is 20.3 Å². The molecule has 3 heteroatoms. The van der Waals surface area contributed by atoms with Gasteiger partial charge >= 0.3 is 0 Å². The molecule has 0 saturated heterocycles. The average molecular weight is 286 g/mol. The predicted octanol–water partition coefficient (Wildman–Crippen LogP) is 3.32. The van der Waals surface area contributed by atoms with Gasteiger partial charge in [-0.1, -0.05) is 30.3 Å². The molecule has 0 fully saturated rings. The van der Waals surface area contributed by atoms with Crippen molar-refractivity contribution < 1.29 is 14.6 Å². The first-order valence-electron chi connectivity index (χ1n) is 7.23. The second-order valence-corrected chi connectivity index (χ2v) is 5.05. The van der Waals surface area contributed by atoms with Crippen LogP contribution in [0.4, 0.5) is 0 Å². The molecule has 2 aromatic carbocycles. The van der Waals surface area contributed by atoms with Gasteiger partial charge in [0.05, 0.1) is 13.7 Å². The van der Waals surface area contributed by atoms with Crippen LogP contribution in [0.5, 0.6) is 11.5 Å². The molecule has 3 nitrogen and oxygen atoms in total. The van der Waals surface area contributed by atoms with Crippen LogP contribution in [-0.4, -0.2) is 25.4 Å². The van der Waals surface area contributed by atoms with Crippen molar-refractivity contribution in [1.82, 2.24) is 0 Å². The number of rotatable bonds is 8. The summed E-state index contributed by atoms with van der Waals surface area (Å²) in [6.07, 6.45) is 1.65. The molecule has 0 aliphatic heterocycles. The zero-order chi connectivity index (χ0) is 14.9. The minimum Gasteiger partial charge on any atom is -0.497 e. The van der Waals surface area contributed by atoms with E-state index in [-0.39, 0.29) is 12.5 Å². The number of aliphatic hydroxyl groups is 1. The second kappa shape index (κ2) is 8.32. The Kier molecular flexibility index (Phi) is 6.10. The van der Waals surface area contributed by atoms with Crippen LogP contribution in [0.1, 0.15) is 12.0 Å². The minimum absolute atomic E-state index is 0.162. The Labute approximate surface area is 126 Å². The summed E-state index contributed by atoms with van der Waals surface area (Å²) in [5, 5.41) is 9.52. The van der Waals surface area contributed by atoms with Crippen molar-refractivity contribution in [3.63, 3.8) is 0 Å². The predicted molar refractivity (Wildman–Crippen MR) is 83.8 cm³/mol. The number of para-hydroxylation sites is 1. The van der Waals surface area contributed by atoms with E-state index >= 15 is 0 Å². The van der Waals surface area contributed by atoms with Crippen molar-refractivity contribution >= 4 is 0 Å². The number of hydrogen-bond donors (Lipinski definition) is 1. The molecule has 0 spiro atoms. The molecule has 1 N–H and O–H groups in total. The van der Waals surface area contributed by atoms with Gasteiger partial charge in [0.1, 0.15) is 11.5 Å². The summed E-state index contributed by atoms with van der Waals surface area (Å²) in [4.78, 5) is 0. The summed E-state index contributed by atoms with van der Waals surface area (Å²) in [5.74, 6) is 1.92. The van der Waals surface area contributed by atoms with E-state index < -0.39 is 0 Å². The molecule has 112 valence electrons. The summed E-state index contributed by atoms with van der Waals surface area (Å²) in [6, 6.07) is 17.7. The van der Waals surface area contributed by atoms with Gasteiger partial charge in [-0.3, -0.25) is 0 Å². The quantitative estimate of drug-likeness (QED) is 0.809. The van der Waals surface area contributed by atoms with Crippen molar-refractivity contribution in [1.29, 1.82) is 0 Å². The Morgan fingerprint density at radius 1 is 1.00 bits per heavy atom. The zero-order valence-electron chi connectivity index (χ0n) is 12.4. The molecule has 2 rings (SSSR count). The van der Waals surface area contributed by atoms with Crippen molar-refractivity contribution in [3.05, 3.63) is 60.2 Å². The molecular formula is C18H22O3. The molecule has 0 radical (unpaired) electrons. The monoisotopic (exact) mass is 286 g/mol. The molecule has 0 aliphatic rings. The molecule has 1 unspecified atom stereocenters. The van der Waals surface area contributed by atoms with Crippen molar-refractivity contribution in [2.45, 2.75) is 12.8 Å². The molecule has 0 aliphatic carbocycles. The molecule has 0 aromatic heterocycles. The largest absolute Gasteiger partial charge is 0.497 e. The van der Waals surface area contributed by atoms with Crippen LogP contribution < -0.4 is 9.47 Å². The third kappa shape index (κ3) is 5.12. The van der Waals surface area contributed by atoms with E-state index in [2.05, 4.69) is 6.07 Å². The normalized spacial score (nSPS) is 11.9. The number of benzene rings is 2. The molecule has 2 aromatic rings. The van der Waals surface area contributed by atoms with E-state index in [1.165, 1.54) is 5.56 Å². The summed E-state index contributed by atoms with van der Waals surface area (Å²) >= 11 is 0. The van der Waals surface area contributed by atoms with E-state index in [9.17, 15) is 5.11 Å². The van der Waals surface area contributed by atoms with E-state index in [0.717, 1.165) is 24.3 Å². The van der Waals surface area contributed by atoms with Gasteiger partial charge in [-0.25, -0.2) is 0 Å². The minimum atomic E-state index is 0.162. The van der Waals surface area contributed by atoms with Gasteiger partial charge in [0.2, 0.25) is 0 Å². The lowest BCUT2D eigenvalue weighted by atomic mass is 9.97. The second-order valence-electron chi connectivity index (χ2n) is 5.05. The van der Waals surface area contributed by atoms with Gasteiger partial charge in [-0.15, -0.1) is 0 Å². The highest BCUT2D eigenvalue weighted by Crippen LogP contribution is 2.18. The van der Waals surface area contributed by atoms with Gasteiger partial charge in [-0.05, 0) is 48.6 Å². The van der Waals surface area contributed by atoms with Crippen LogP contribution in [0.3, 0.4) is 0 Å². The van der Waals surface area contributed by atoms with Crippen LogP contribution in [0.25, 0.3) is 0 Å². The van der Waals surface area contributed by atoms with Crippen LogP contribution in [0.2, 0.25) is 0 Å². The number of ether oxygens (including phenoxy) is 2. The Balaban J connectivity index is 1.82. The molecule has 21 heavy (non-hydrogen) atoms. The highest BCUT2D eigenvalue weighted by Gasteiger charge is 2.09. The van der Waals surface area contributed by atoms with Gasteiger partial charge in [-0.2, -0.15) is 0 Å². The summed E-state index contributed by atoms with van der Waals surface area (Å²) in [7, 11) is 1.66. The SMILES string of the molecule is COc1cccc(CC(CO)CCOc2ccccc2)c1. The highest BCUT2D eigenvalue weighted by molar-refractivity contribution is 5.28. The smallest absolute Gasteiger partial charge is 0.119 e. The van der Waals surface area contributed by atoms with E-state index in [1.807, 2.05) is 48.5 Å². The maximum absolute atomic E-state index is 9.52. The fourth-order valence-corrected chi connectivity index (χ4v) is 2.25. The summed E-state index contributed by atoms with van der Waals surface area (Å²) < 4.78 is 10.9. The average Bonchev–Trinajstić information content (AvgIpc) is 2.55. The zero-order valence-corrected chi connectivity index (χ0v) is 12.4. The Bertz CT molecular complexity index is 525. The van der Waals surface area contributed by atoms with Crippen LogP contribution >= 0.6 is 0 Å². The molecule has 1 atom stereocenters. The first kappa shape index (κ1) is 15.4. The van der Waals surface area contributed by atoms with E-state index in [1.54, 1.807) is 7.11 Å². The first-order chi connectivity index (χ1) is 10.3. The Morgan fingerprint density at radius 2 is 1.76 bits per heavy atom. The third-order valence-corrected chi connectivity index (χ3v) is 3.45. The maximum Gasteiger partial charge on any atom is 0.119 e. The summed E-state index contributed by atoms with van der Waals surface area (Å²) in [6.45, 7) is 0.772. The van der Waals surface area contributed by atoms with Crippen molar-refractivity contribution in [2.24, 2.45) is 5.92 Å². The lowest BCUT2D eigenvalue weighted by Crippen LogP contribution is -2.14. The number of methoxy groups -OCH3 is 1. The third-order valence-electron chi connectivity index (χ3n) is 3.45. The first-order valence-corrected chi connectivity index (χ1v) is 7.23. The standard InChI is InChI=1S/C18H22O3/c1-20-18-9-5-6-15(13-18)12-16(14-19)10-11-21-17-7-3-2-4-8-17/h2-9,13,16,19H,10-12,14H2,1H3. The van der Waals surface area contributed by atoms with E-state index in [0.29, 0.717) is 6.61 Å². The lowest BCUT2D eigenvalue weighted by Gasteiger charge is -2.15. The fraction of sp³-hybridized carbons (Fsp3) is 0.333. The van der Waals surface area contributed by atoms with Gasteiger partial charge < -0.3 is 14.6 Å². The van der Waals surface area contributed by atoms with Crippen LogP contribution in [-0.2, 0) is 6.42 Å². The lowest BCUT2D eigenvalue weighted by molar-refractivity contribution is 0.190. The molecule has 0 heterocycles. The van der Waals surface area contributed by atoms with Gasteiger partial charge in [0.25, 0.3) is 0 Å². The van der Waals surface area contributed by atoms with Gasteiger partial charge in [0, 0.05) is 6.61 Å². The Morgan fingerprint density at radius 3 is 2.48 bits per heavy atom.